The Balaban J connectivity index is 1.66. The molecule has 1 aromatic carbocycles. The second kappa shape index (κ2) is 8.79. The molecule has 0 amide bonds. The Morgan fingerprint density at radius 1 is 1.55 bits per heavy atom. The van der Waals surface area contributed by atoms with Gasteiger partial charge in [0, 0.05) is 19.7 Å². The van der Waals surface area contributed by atoms with Gasteiger partial charge in [-0.15, -0.1) is 0 Å². The minimum absolute atomic E-state index is 0.119. The maximum absolute atomic E-state index is 13.4. The highest BCUT2D eigenvalue weighted by Crippen LogP contribution is 2.16. The Labute approximate surface area is 135 Å². The van der Waals surface area contributed by atoms with E-state index >= 15 is 0 Å². The van der Waals surface area contributed by atoms with Gasteiger partial charge in [-0.1, -0.05) is 17.7 Å². The average molecular weight is 332 g/mol. The second-order valence-corrected chi connectivity index (χ2v) is 6.18. The summed E-state index contributed by atoms with van der Waals surface area (Å²) in [6.07, 6.45) is 1.69. The third-order valence-corrected chi connectivity index (χ3v) is 3.90. The van der Waals surface area contributed by atoms with Crippen LogP contribution < -0.4 is 0 Å². The van der Waals surface area contributed by atoms with Gasteiger partial charge in [-0.3, -0.25) is 4.90 Å². The van der Waals surface area contributed by atoms with E-state index in [0.717, 1.165) is 25.0 Å². The summed E-state index contributed by atoms with van der Waals surface area (Å²) in [6, 6.07) is 4.74. The van der Waals surface area contributed by atoms with Gasteiger partial charge in [0.1, 0.15) is 5.82 Å². The molecule has 2 atom stereocenters. The van der Waals surface area contributed by atoms with Gasteiger partial charge in [0.2, 0.25) is 0 Å². The molecule has 2 unspecified atom stereocenters. The van der Waals surface area contributed by atoms with E-state index in [9.17, 15) is 9.50 Å². The summed E-state index contributed by atoms with van der Waals surface area (Å²) in [7, 11) is 1.87. The van der Waals surface area contributed by atoms with Crippen molar-refractivity contribution >= 4 is 11.6 Å². The molecule has 0 saturated carbocycles. The standard InChI is InChI=1S/C16H23ClFNO3/c1-19(8-12-4-5-15(17)16(18)7-12)9-13(20)10-21-11-14-3-2-6-22-14/h4-5,7,13-14,20H,2-3,6,8-11H2,1H3. The number of hydrogen-bond donors (Lipinski definition) is 1. The first-order valence-corrected chi connectivity index (χ1v) is 7.92. The van der Waals surface area contributed by atoms with Crippen LogP contribution in [-0.2, 0) is 16.0 Å². The highest BCUT2D eigenvalue weighted by molar-refractivity contribution is 6.30. The van der Waals surface area contributed by atoms with Gasteiger partial charge < -0.3 is 14.6 Å². The molecule has 0 aliphatic carbocycles. The van der Waals surface area contributed by atoms with Gasteiger partial charge in [-0.05, 0) is 37.6 Å². The fourth-order valence-electron chi connectivity index (χ4n) is 2.54. The van der Waals surface area contributed by atoms with E-state index in [2.05, 4.69) is 0 Å². The molecule has 1 aromatic rings. The maximum Gasteiger partial charge on any atom is 0.142 e. The Kier molecular flexibility index (Phi) is 7.05. The molecule has 1 aliphatic rings. The van der Waals surface area contributed by atoms with Gasteiger partial charge in [0.05, 0.1) is 30.4 Å². The van der Waals surface area contributed by atoms with Crippen LogP contribution in [0.1, 0.15) is 18.4 Å². The molecule has 0 bridgehead atoms. The molecule has 0 spiro atoms. The number of rotatable bonds is 8. The summed E-state index contributed by atoms with van der Waals surface area (Å²) in [5, 5.41) is 10.1. The normalized spacial score (nSPS) is 19.8. The number of hydrogen-bond acceptors (Lipinski definition) is 4. The van der Waals surface area contributed by atoms with Crippen molar-refractivity contribution in [2.24, 2.45) is 0 Å². The van der Waals surface area contributed by atoms with E-state index in [1.165, 1.54) is 6.07 Å². The first-order valence-electron chi connectivity index (χ1n) is 7.54. The van der Waals surface area contributed by atoms with E-state index in [0.29, 0.717) is 19.7 Å². The summed E-state index contributed by atoms with van der Waals surface area (Å²) in [6.45, 7) is 2.60. The number of benzene rings is 1. The third-order valence-electron chi connectivity index (χ3n) is 3.60. The van der Waals surface area contributed by atoms with Gasteiger partial charge in [-0.2, -0.15) is 0 Å². The van der Waals surface area contributed by atoms with E-state index in [1.807, 2.05) is 11.9 Å². The van der Waals surface area contributed by atoms with E-state index in [4.69, 9.17) is 21.1 Å². The number of ether oxygens (including phenoxy) is 2. The van der Waals surface area contributed by atoms with Crippen LogP contribution in [0.15, 0.2) is 18.2 Å². The smallest absolute Gasteiger partial charge is 0.142 e. The Bertz CT molecular complexity index is 469. The lowest BCUT2D eigenvalue weighted by molar-refractivity contribution is -0.0238. The molecule has 1 fully saturated rings. The van der Waals surface area contributed by atoms with Crippen LogP contribution in [-0.4, -0.2) is 55.6 Å². The number of nitrogens with zero attached hydrogens (tertiary/aromatic N) is 1. The van der Waals surface area contributed by atoms with Gasteiger partial charge in [-0.25, -0.2) is 4.39 Å². The quantitative estimate of drug-likeness (QED) is 0.794. The maximum atomic E-state index is 13.4. The lowest BCUT2D eigenvalue weighted by Gasteiger charge is -2.21. The van der Waals surface area contributed by atoms with Crippen molar-refractivity contribution in [2.45, 2.75) is 31.6 Å². The fourth-order valence-corrected chi connectivity index (χ4v) is 2.66. The SMILES string of the molecule is CN(Cc1ccc(Cl)c(F)c1)CC(O)COCC1CCCO1. The van der Waals surface area contributed by atoms with E-state index in [1.54, 1.807) is 12.1 Å². The molecule has 4 nitrogen and oxygen atoms in total. The largest absolute Gasteiger partial charge is 0.389 e. The second-order valence-electron chi connectivity index (χ2n) is 5.77. The Hall–Kier alpha value is -0.720. The average Bonchev–Trinajstić information content (AvgIpc) is 2.96. The summed E-state index contributed by atoms with van der Waals surface area (Å²) in [5.74, 6) is -0.423. The zero-order valence-electron chi connectivity index (χ0n) is 12.8. The van der Waals surface area contributed by atoms with Crippen LogP contribution in [0.4, 0.5) is 4.39 Å². The molecule has 1 heterocycles. The molecule has 2 rings (SSSR count). The van der Waals surface area contributed by atoms with Crippen molar-refractivity contribution in [3.05, 3.63) is 34.6 Å². The van der Waals surface area contributed by atoms with Gasteiger partial charge in [0.25, 0.3) is 0 Å². The summed E-state index contributed by atoms with van der Waals surface area (Å²) in [4.78, 5) is 1.92. The van der Waals surface area contributed by atoms with Crippen LogP contribution in [0.5, 0.6) is 0 Å². The predicted molar refractivity (Wildman–Crippen MR) is 83.5 cm³/mol. The van der Waals surface area contributed by atoms with Crippen molar-refractivity contribution in [2.75, 3.05) is 33.4 Å². The van der Waals surface area contributed by atoms with Crippen molar-refractivity contribution < 1.29 is 19.0 Å². The van der Waals surface area contributed by atoms with Crippen LogP contribution in [0.2, 0.25) is 5.02 Å². The Morgan fingerprint density at radius 2 is 2.36 bits per heavy atom. The number of aliphatic hydroxyl groups excluding tert-OH is 1. The monoisotopic (exact) mass is 331 g/mol. The zero-order valence-corrected chi connectivity index (χ0v) is 13.6. The van der Waals surface area contributed by atoms with Crippen molar-refractivity contribution in [3.8, 4) is 0 Å². The zero-order chi connectivity index (χ0) is 15.9. The number of likely N-dealkylation sites (N-methyl/N-ethyl adjacent to an activating group) is 1. The van der Waals surface area contributed by atoms with E-state index < -0.39 is 11.9 Å². The van der Waals surface area contributed by atoms with Gasteiger partial charge in [0.15, 0.2) is 0 Å². The van der Waals surface area contributed by atoms with Crippen LogP contribution in [0, 0.1) is 5.82 Å². The first-order chi connectivity index (χ1) is 10.5. The molecular weight excluding hydrogens is 309 g/mol. The molecule has 1 saturated heterocycles. The molecule has 6 heteroatoms. The van der Waals surface area contributed by atoms with E-state index in [-0.39, 0.29) is 17.7 Å². The minimum Gasteiger partial charge on any atom is -0.389 e. The molecule has 1 aliphatic heterocycles. The van der Waals surface area contributed by atoms with Crippen LogP contribution in [0.3, 0.4) is 0 Å². The predicted octanol–water partition coefficient (Wildman–Crippen LogP) is 2.47. The first kappa shape index (κ1) is 17.6. The van der Waals surface area contributed by atoms with Gasteiger partial charge >= 0.3 is 0 Å². The molecule has 1 N–H and O–H groups in total. The molecule has 124 valence electrons. The highest BCUT2D eigenvalue weighted by atomic mass is 35.5. The lowest BCUT2D eigenvalue weighted by Crippen LogP contribution is -2.32. The molecule has 22 heavy (non-hydrogen) atoms. The lowest BCUT2D eigenvalue weighted by atomic mass is 10.2. The summed E-state index contributed by atoms with van der Waals surface area (Å²) < 4.78 is 24.3. The van der Waals surface area contributed by atoms with Crippen molar-refractivity contribution in [1.82, 2.24) is 4.90 Å². The highest BCUT2D eigenvalue weighted by Gasteiger charge is 2.16. The third kappa shape index (κ3) is 5.82. The molecule has 0 radical (unpaired) electrons. The van der Waals surface area contributed by atoms with Crippen LogP contribution in [0.25, 0.3) is 0 Å². The topological polar surface area (TPSA) is 41.9 Å². The molecular formula is C16H23ClFNO3. The molecule has 0 aromatic heterocycles. The van der Waals surface area contributed by atoms with Crippen LogP contribution >= 0.6 is 11.6 Å². The number of aliphatic hydroxyl groups is 1. The minimum atomic E-state index is -0.580. The van der Waals surface area contributed by atoms with Crippen molar-refractivity contribution in [1.29, 1.82) is 0 Å². The Morgan fingerprint density at radius 3 is 3.05 bits per heavy atom. The summed E-state index contributed by atoms with van der Waals surface area (Å²) >= 11 is 5.66. The number of halogens is 2. The fraction of sp³-hybridized carbons (Fsp3) is 0.625. The summed E-state index contributed by atoms with van der Waals surface area (Å²) in [5.41, 5.74) is 0.817. The van der Waals surface area contributed by atoms with Crippen molar-refractivity contribution in [3.63, 3.8) is 0 Å².